The summed E-state index contributed by atoms with van der Waals surface area (Å²) in [5.41, 5.74) is 2.66. The number of nitrogens with zero attached hydrogens (tertiary/aromatic N) is 1. The van der Waals surface area contributed by atoms with Crippen LogP contribution in [0.4, 0.5) is 8.78 Å². The van der Waals surface area contributed by atoms with Crippen molar-refractivity contribution in [3.63, 3.8) is 0 Å². The Morgan fingerprint density at radius 3 is 1.90 bits per heavy atom. The van der Waals surface area contributed by atoms with Crippen molar-refractivity contribution in [3.8, 4) is 0 Å². The summed E-state index contributed by atoms with van der Waals surface area (Å²) >= 11 is 0. The minimum Gasteiger partial charge on any atom is -0.405 e. The zero-order valence-electron chi connectivity index (χ0n) is 10.9. The van der Waals surface area contributed by atoms with Crippen molar-refractivity contribution in [1.82, 2.24) is 5.06 Å². The maximum absolute atomic E-state index is 13.0. The van der Waals surface area contributed by atoms with Gasteiger partial charge < -0.3 is 4.84 Å². The van der Waals surface area contributed by atoms with Crippen molar-refractivity contribution in [2.45, 2.75) is 0 Å². The Bertz CT molecular complexity index is 590. The summed E-state index contributed by atoms with van der Waals surface area (Å²) in [4.78, 5) is 5.68. The topological polar surface area (TPSA) is 12.5 Å². The summed E-state index contributed by atoms with van der Waals surface area (Å²) in [6.07, 6.45) is 0. The van der Waals surface area contributed by atoms with Gasteiger partial charge in [-0.15, -0.1) is 5.06 Å². The van der Waals surface area contributed by atoms with Crippen LogP contribution in [-0.2, 0) is 4.84 Å². The average molecular weight is 273 g/mol. The highest BCUT2D eigenvalue weighted by atomic mass is 19.1. The standard InChI is InChI=1S/C16H13F2NO/c1-19-10-15(11-2-6-13(17)7-3-11)16(20-19)12-4-8-14(18)9-5-12/h2-9H,10H2,1H3. The van der Waals surface area contributed by atoms with Crippen LogP contribution < -0.4 is 0 Å². The molecule has 102 valence electrons. The number of likely N-dealkylation sites (N-methyl/N-ethyl adjacent to an activating group) is 1. The van der Waals surface area contributed by atoms with Crippen LogP contribution in [0.25, 0.3) is 11.3 Å². The molecule has 2 aromatic rings. The van der Waals surface area contributed by atoms with Gasteiger partial charge in [0.05, 0.1) is 6.54 Å². The molecule has 0 radical (unpaired) electrons. The lowest BCUT2D eigenvalue weighted by molar-refractivity contribution is -0.0335. The summed E-state index contributed by atoms with van der Waals surface area (Å²) in [5, 5.41) is 1.69. The van der Waals surface area contributed by atoms with E-state index >= 15 is 0 Å². The smallest absolute Gasteiger partial charge is 0.159 e. The van der Waals surface area contributed by atoms with E-state index < -0.39 is 0 Å². The molecule has 1 aliphatic rings. The van der Waals surface area contributed by atoms with E-state index in [0.717, 1.165) is 16.7 Å². The first-order valence-electron chi connectivity index (χ1n) is 6.27. The number of halogens is 2. The maximum atomic E-state index is 13.0. The van der Waals surface area contributed by atoms with Gasteiger partial charge in [0.1, 0.15) is 11.6 Å². The van der Waals surface area contributed by atoms with Gasteiger partial charge in [-0.3, -0.25) is 0 Å². The quantitative estimate of drug-likeness (QED) is 0.827. The van der Waals surface area contributed by atoms with Crippen molar-refractivity contribution >= 4 is 11.3 Å². The zero-order chi connectivity index (χ0) is 14.1. The van der Waals surface area contributed by atoms with Crippen LogP contribution >= 0.6 is 0 Å². The summed E-state index contributed by atoms with van der Waals surface area (Å²) in [7, 11) is 1.82. The molecule has 1 heterocycles. The second-order valence-corrected chi connectivity index (χ2v) is 4.70. The van der Waals surface area contributed by atoms with Crippen molar-refractivity contribution in [3.05, 3.63) is 71.3 Å². The van der Waals surface area contributed by atoms with Gasteiger partial charge in [0, 0.05) is 18.2 Å². The van der Waals surface area contributed by atoms with Crippen LogP contribution in [0.2, 0.25) is 0 Å². The van der Waals surface area contributed by atoms with Crippen molar-refractivity contribution in [2.75, 3.05) is 13.6 Å². The molecule has 1 aliphatic heterocycles. The van der Waals surface area contributed by atoms with Crippen molar-refractivity contribution < 1.29 is 13.6 Å². The summed E-state index contributed by atoms with van der Waals surface area (Å²) in [6, 6.07) is 12.4. The van der Waals surface area contributed by atoms with Gasteiger partial charge in [0.2, 0.25) is 0 Å². The molecule has 0 aliphatic carbocycles. The van der Waals surface area contributed by atoms with Gasteiger partial charge in [-0.1, -0.05) is 12.1 Å². The van der Waals surface area contributed by atoms with E-state index in [1.165, 1.54) is 24.3 Å². The zero-order valence-corrected chi connectivity index (χ0v) is 10.9. The molecule has 4 heteroatoms. The van der Waals surface area contributed by atoms with E-state index in [-0.39, 0.29) is 11.6 Å². The molecule has 0 spiro atoms. The van der Waals surface area contributed by atoms with Gasteiger partial charge in [-0.25, -0.2) is 8.78 Å². The van der Waals surface area contributed by atoms with Crippen LogP contribution in [0.1, 0.15) is 11.1 Å². The molecular weight excluding hydrogens is 260 g/mol. The predicted molar refractivity (Wildman–Crippen MR) is 73.3 cm³/mol. The Morgan fingerprint density at radius 2 is 1.35 bits per heavy atom. The van der Waals surface area contributed by atoms with Gasteiger partial charge in [0.15, 0.2) is 5.76 Å². The van der Waals surface area contributed by atoms with E-state index in [1.54, 1.807) is 29.3 Å². The highest BCUT2D eigenvalue weighted by Gasteiger charge is 2.23. The molecule has 0 aromatic heterocycles. The molecule has 2 aromatic carbocycles. The van der Waals surface area contributed by atoms with Gasteiger partial charge in [-0.2, -0.15) is 0 Å². The molecule has 2 nitrogen and oxygen atoms in total. The highest BCUT2D eigenvalue weighted by Crippen LogP contribution is 2.33. The lowest BCUT2D eigenvalue weighted by Gasteiger charge is -2.09. The first kappa shape index (κ1) is 12.8. The fraction of sp³-hybridized carbons (Fsp3) is 0.125. The molecule has 3 rings (SSSR count). The SMILES string of the molecule is CN1CC(c2ccc(F)cc2)=C(c2ccc(F)cc2)O1. The summed E-state index contributed by atoms with van der Waals surface area (Å²) < 4.78 is 26.0. The number of benzene rings is 2. The van der Waals surface area contributed by atoms with Crippen molar-refractivity contribution in [2.24, 2.45) is 0 Å². The third kappa shape index (κ3) is 2.42. The van der Waals surface area contributed by atoms with Crippen LogP contribution in [0.15, 0.2) is 48.5 Å². The lowest BCUT2D eigenvalue weighted by atomic mass is 10.0. The van der Waals surface area contributed by atoms with Crippen LogP contribution in [-0.4, -0.2) is 18.7 Å². The van der Waals surface area contributed by atoms with Crippen molar-refractivity contribution in [1.29, 1.82) is 0 Å². The minimum atomic E-state index is -0.288. The van der Waals surface area contributed by atoms with E-state index in [0.29, 0.717) is 12.3 Å². The molecule has 0 saturated heterocycles. The molecule has 0 N–H and O–H groups in total. The van der Waals surface area contributed by atoms with Crippen LogP contribution in [0, 0.1) is 11.6 Å². The molecule has 0 atom stereocenters. The van der Waals surface area contributed by atoms with E-state index in [2.05, 4.69) is 0 Å². The molecule has 0 unspecified atom stereocenters. The number of hydroxylamine groups is 2. The number of hydrogen-bond acceptors (Lipinski definition) is 2. The summed E-state index contributed by atoms with van der Waals surface area (Å²) in [5.74, 6) is 0.119. The van der Waals surface area contributed by atoms with E-state index in [9.17, 15) is 8.78 Å². The van der Waals surface area contributed by atoms with Gasteiger partial charge in [-0.05, 0) is 42.0 Å². The van der Waals surface area contributed by atoms with Gasteiger partial charge >= 0.3 is 0 Å². The summed E-state index contributed by atoms with van der Waals surface area (Å²) in [6.45, 7) is 0.596. The highest BCUT2D eigenvalue weighted by molar-refractivity contribution is 5.89. The third-order valence-corrected chi connectivity index (χ3v) is 3.20. The fourth-order valence-electron chi connectivity index (χ4n) is 2.24. The molecule has 0 saturated carbocycles. The first-order valence-corrected chi connectivity index (χ1v) is 6.27. The molecule has 20 heavy (non-hydrogen) atoms. The lowest BCUT2D eigenvalue weighted by Crippen LogP contribution is -2.12. The largest absolute Gasteiger partial charge is 0.405 e. The van der Waals surface area contributed by atoms with E-state index in [4.69, 9.17) is 4.84 Å². The Morgan fingerprint density at radius 1 is 0.850 bits per heavy atom. The molecule has 0 bridgehead atoms. The van der Waals surface area contributed by atoms with E-state index in [1.807, 2.05) is 7.05 Å². The fourth-order valence-corrected chi connectivity index (χ4v) is 2.24. The first-order chi connectivity index (χ1) is 9.63. The molecular formula is C16H13F2NO. The predicted octanol–water partition coefficient (Wildman–Crippen LogP) is 3.71. The molecule has 0 fully saturated rings. The average Bonchev–Trinajstić information content (AvgIpc) is 2.82. The normalized spacial score (nSPS) is 15.6. The number of rotatable bonds is 2. The second kappa shape index (κ2) is 5.06. The maximum Gasteiger partial charge on any atom is 0.159 e. The minimum absolute atomic E-state index is 0.273. The Kier molecular flexibility index (Phi) is 3.24. The Balaban J connectivity index is 2.06. The van der Waals surface area contributed by atoms with Gasteiger partial charge in [0.25, 0.3) is 0 Å². The van der Waals surface area contributed by atoms with Crippen LogP contribution in [0.3, 0.4) is 0 Å². The third-order valence-electron chi connectivity index (χ3n) is 3.20. The Labute approximate surface area is 115 Å². The second-order valence-electron chi connectivity index (χ2n) is 4.70. The van der Waals surface area contributed by atoms with Crippen LogP contribution in [0.5, 0.6) is 0 Å². The molecule has 0 amide bonds. The number of hydrogen-bond donors (Lipinski definition) is 0. The monoisotopic (exact) mass is 273 g/mol. The Hall–Kier alpha value is -2.20.